The second-order valence-electron chi connectivity index (χ2n) is 6.96. The topological polar surface area (TPSA) is 66.8 Å². The maximum atomic E-state index is 13.4. The molecule has 3 aromatic rings. The third-order valence-corrected chi connectivity index (χ3v) is 6.19. The summed E-state index contributed by atoms with van der Waals surface area (Å²) in [4.78, 5) is 13.7. The first-order valence-corrected chi connectivity index (χ1v) is 10.8. The molecule has 0 fully saturated rings. The van der Waals surface area contributed by atoms with E-state index < -0.39 is 23.1 Å². The Balaban J connectivity index is 1.70. The Morgan fingerprint density at radius 2 is 2.10 bits per heavy atom. The van der Waals surface area contributed by atoms with Crippen molar-refractivity contribution in [3.8, 4) is 0 Å². The first kappa shape index (κ1) is 21.7. The van der Waals surface area contributed by atoms with Crippen molar-refractivity contribution in [2.24, 2.45) is 0 Å². The van der Waals surface area contributed by atoms with Crippen LogP contribution < -0.4 is 10.5 Å². The molecule has 0 radical (unpaired) electrons. The smallest absolute Gasteiger partial charge is 0.364 e. The van der Waals surface area contributed by atoms with Gasteiger partial charge in [-0.1, -0.05) is 17.7 Å². The van der Waals surface area contributed by atoms with Crippen molar-refractivity contribution in [3.63, 3.8) is 0 Å². The van der Waals surface area contributed by atoms with Crippen molar-refractivity contribution < 1.29 is 17.6 Å². The van der Waals surface area contributed by atoms with Crippen molar-refractivity contribution in [2.45, 2.75) is 30.7 Å². The molecule has 1 aliphatic heterocycles. The molecule has 0 saturated heterocycles. The highest BCUT2D eigenvalue weighted by molar-refractivity contribution is 7.98. The zero-order valence-corrected chi connectivity index (χ0v) is 17.7. The van der Waals surface area contributed by atoms with E-state index in [-0.39, 0.29) is 17.1 Å². The highest BCUT2D eigenvalue weighted by atomic mass is 35.5. The van der Waals surface area contributed by atoms with Crippen LogP contribution in [0, 0.1) is 5.82 Å². The fraction of sp³-hybridized carbons (Fsp3) is 0.316. The summed E-state index contributed by atoms with van der Waals surface area (Å²) in [5.41, 5.74) is 0.561. The van der Waals surface area contributed by atoms with E-state index in [1.807, 2.05) is 11.2 Å². The zero-order chi connectivity index (χ0) is 22.3. The summed E-state index contributed by atoms with van der Waals surface area (Å²) in [5.74, 6) is -0.942. The molecule has 164 valence electrons. The number of aromatic amines is 1. The fourth-order valence-corrected chi connectivity index (χ4v) is 4.49. The molecule has 4 rings (SSSR count). The number of benzene rings is 1. The van der Waals surface area contributed by atoms with Crippen molar-refractivity contribution in [1.82, 2.24) is 20.0 Å². The molecule has 0 amide bonds. The summed E-state index contributed by atoms with van der Waals surface area (Å²) in [6.07, 6.45) is -0.902. The average molecular weight is 474 g/mol. The number of nitrogens with zero attached hydrogens (tertiary/aromatic N) is 4. The molecule has 1 aromatic carbocycles. The highest BCUT2D eigenvalue weighted by Gasteiger charge is 2.34. The lowest BCUT2D eigenvalue weighted by Crippen LogP contribution is -2.32. The lowest BCUT2D eigenvalue weighted by Gasteiger charge is -2.29. The van der Waals surface area contributed by atoms with Gasteiger partial charge in [0.15, 0.2) is 0 Å². The molecule has 31 heavy (non-hydrogen) atoms. The first-order chi connectivity index (χ1) is 14.7. The van der Waals surface area contributed by atoms with Gasteiger partial charge in [-0.3, -0.25) is 9.48 Å². The molecule has 1 aliphatic rings. The number of aromatic nitrogens is 4. The van der Waals surface area contributed by atoms with Crippen molar-refractivity contribution in [1.29, 1.82) is 0 Å². The van der Waals surface area contributed by atoms with Gasteiger partial charge in [-0.25, -0.2) is 9.49 Å². The minimum atomic E-state index is -4.67. The molecule has 0 bridgehead atoms. The van der Waals surface area contributed by atoms with Gasteiger partial charge in [-0.05, 0) is 24.0 Å². The van der Waals surface area contributed by atoms with E-state index in [1.165, 1.54) is 18.0 Å². The van der Waals surface area contributed by atoms with E-state index in [4.69, 9.17) is 11.6 Å². The molecular weight excluding hydrogens is 458 g/mol. The van der Waals surface area contributed by atoms with E-state index in [0.29, 0.717) is 36.3 Å². The summed E-state index contributed by atoms with van der Waals surface area (Å²) in [6, 6.07) is 2.66. The zero-order valence-electron chi connectivity index (χ0n) is 16.1. The number of hydrogen-bond acceptors (Lipinski definition) is 5. The number of nitrogens with one attached hydrogen (secondary N) is 1. The third-order valence-electron chi connectivity index (χ3n) is 5.11. The first-order valence-electron chi connectivity index (χ1n) is 9.15. The summed E-state index contributed by atoms with van der Waals surface area (Å²) in [6.45, 7) is 0.726. The highest BCUT2D eigenvalue weighted by Crippen LogP contribution is 2.35. The maximum absolute atomic E-state index is 13.4. The number of fused-ring (bicyclic) bond motifs is 1. The molecule has 12 heteroatoms. The minimum Gasteiger partial charge on any atom is -0.364 e. The van der Waals surface area contributed by atoms with Crippen LogP contribution in [0.1, 0.15) is 22.4 Å². The number of rotatable bonds is 4. The van der Waals surface area contributed by atoms with Crippen molar-refractivity contribution in [2.75, 3.05) is 17.7 Å². The van der Waals surface area contributed by atoms with Crippen LogP contribution in [-0.2, 0) is 25.7 Å². The second kappa shape index (κ2) is 8.19. The Bertz CT molecular complexity index is 1190. The third kappa shape index (κ3) is 4.16. The van der Waals surface area contributed by atoms with E-state index in [0.717, 1.165) is 23.4 Å². The van der Waals surface area contributed by atoms with Gasteiger partial charge in [-0.15, -0.1) is 11.8 Å². The largest absolute Gasteiger partial charge is 0.416 e. The van der Waals surface area contributed by atoms with Gasteiger partial charge in [0.1, 0.15) is 15.9 Å². The molecule has 3 heterocycles. The monoisotopic (exact) mass is 473 g/mol. The van der Waals surface area contributed by atoms with E-state index in [1.54, 1.807) is 4.68 Å². The molecule has 0 unspecified atom stereocenters. The lowest BCUT2D eigenvalue weighted by atomic mass is 10.1. The Morgan fingerprint density at radius 1 is 1.32 bits per heavy atom. The summed E-state index contributed by atoms with van der Waals surface area (Å²) < 4.78 is 55.2. The number of halogens is 5. The van der Waals surface area contributed by atoms with Crippen LogP contribution in [-0.4, -0.2) is 32.8 Å². The van der Waals surface area contributed by atoms with Gasteiger partial charge in [0.05, 0.1) is 24.0 Å². The Hall–Kier alpha value is -2.53. The Morgan fingerprint density at radius 3 is 2.81 bits per heavy atom. The van der Waals surface area contributed by atoms with Crippen molar-refractivity contribution in [3.05, 3.63) is 68.0 Å². The van der Waals surface area contributed by atoms with E-state index in [9.17, 15) is 22.4 Å². The molecule has 6 nitrogen and oxygen atoms in total. The summed E-state index contributed by atoms with van der Waals surface area (Å²) in [7, 11) is 0. The van der Waals surface area contributed by atoms with Gasteiger partial charge >= 0.3 is 6.18 Å². The van der Waals surface area contributed by atoms with Crippen LogP contribution >= 0.6 is 23.4 Å². The standard InChI is InChI=1S/C19H16ClF4N5OS/c1-31-18-12-9-28(15-7-25-26-17(30)16(15)20)5-4-14(12)29(27-18)8-10-2-3-11(21)6-13(10)19(22,23)24/h2-3,6-7H,4-5,8-9H2,1H3,(H,26,30). The van der Waals surface area contributed by atoms with Crippen molar-refractivity contribution >= 4 is 29.1 Å². The molecule has 2 aromatic heterocycles. The second-order valence-corrected chi connectivity index (χ2v) is 8.13. The summed E-state index contributed by atoms with van der Waals surface area (Å²) in [5, 5.41) is 11.3. The minimum absolute atomic E-state index is 0.0256. The fourth-order valence-electron chi connectivity index (χ4n) is 3.67. The van der Waals surface area contributed by atoms with Gasteiger partial charge < -0.3 is 4.90 Å². The Kier molecular flexibility index (Phi) is 5.73. The van der Waals surface area contributed by atoms with Gasteiger partial charge in [0, 0.05) is 30.8 Å². The van der Waals surface area contributed by atoms with Crippen LogP contribution in [0.15, 0.2) is 34.2 Å². The molecule has 0 saturated carbocycles. The molecular formula is C19H16ClF4N5OS. The average Bonchev–Trinajstić information content (AvgIpc) is 3.07. The van der Waals surface area contributed by atoms with E-state index in [2.05, 4.69) is 15.3 Å². The van der Waals surface area contributed by atoms with Crippen LogP contribution in [0.2, 0.25) is 5.02 Å². The number of thioether (sulfide) groups is 1. The van der Waals surface area contributed by atoms with Gasteiger partial charge in [-0.2, -0.15) is 23.4 Å². The number of alkyl halides is 3. The molecule has 0 spiro atoms. The van der Waals surface area contributed by atoms with Gasteiger partial charge in [0.25, 0.3) is 5.56 Å². The SMILES string of the molecule is CSc1nn(Cc2ccc(F)cc2C(F)(F)F)c2c1CN(c1cn[nH]c(=O)c1Cl)CC2. The Labute approximate surface area is 183 Å². The van der Waals surface area contributed by atoms with Crippen LogP contribution in [0.25, 0.3) is 0 Å². The number of anilines is 1. The number of H-pyrrole nitrogens is 1. The quantitative estimate of drug-likeness (QED) is 0.456. The maximum Gasteiger partial charge on any atom is 0.416 e. The van der Waals surface area contributed by atoms with Crippen LogP contribution in [0.4, 0.5) is 23.2 Å². The van der Waals surface area contributed by atoms with Crippen LogP contribution in [0.3, 0.4) is 0 Å². The predicted molar refractivity (Wildman–Crippen MR) is 109 cm³/mol. The molecule has 0 atom stereocenters. The molecule has 0 aliphatic carbocycles. The number of hydrogen-bond donors (Lipinski definition) is 1. The normalized spacial score (nSPS) is 14.1. The molecule has 1 N–H and O–H groups in total. The summed E-state index contributed by atoms with van der Waals surface area (Å²) >= 11 is 7.50. The van der Waals surface area contributed by atoms with Gasteiger partial charge in [0.2, 0.25) is 0 Å². The van der Waals surface area contributed by atoms with E-state index >= 15 is 0 Å². The van der Waals surface area contributed by atoms with Crippen LogP contribution in [0.5, 0.6) is 0 Å². The lowest BCUT2D eigenvalue weighted by molar-refractivity contribution is -0.138. The predicted octanol–water partition coefficient (Wildman–Crippen LogP) is 4.11.